The average Bonchev–Trinajstić information content (AvgIpc) is 3.01. The Morgan fingerprint density at radius 3 is 2.56 bits per heavy atom. The highest BCUT2D eigenvalue weighted by Crippen LogP contribution is 2.41. The molecule has 0 aliphatic rings. The van der Waals surface area contributed by atoms with E-state index in [1.807, 2.05) is 0 Å². The van der Waals surface area contributed by atoms with Gasteiger partial charge in [-0.15, -0.1) is 0 Å². The lowest BCUT2D eigenvalue weighted by atomic mass is 9.98. The molecule has 0 atom stereocenters. The smallest absolute Gasteiger partial charge is 0.101 e. The van der Waals surface area contributed by atoms with Crippen LogP contribution in [-0.2, 0) is 0 Å². The second-order valence-electron chi connectivity index (χ2n) is 7.35. The molecular weight excluding hydrogens is 330 g/mol. The molecule has 0 unspecified atom stereocenters. The molecule has 126 valence electrons. The molecule has 0 aliphatic carbocycles. The number of aromatic nitrogens is 2. The SMILES string of the molecule is Cc1cc(C)c2c(c1)c1ncc(C#N)c3ccc4c5ccccc5n2c4c31. The van der Waals surface area contributed by atoms with E-state index in [1.165, 1.54) is 32.9 Å². The Balaban J connectivity index is 2.13. The summed E-state index contributed by atoms with van der Waals surface area (Å²) < 4.78 is 2.37. The number of nitriles is 1. The summed E-state index contributed by atoms with van der Waals surface area (Å²) in [5.74, 6) is 0. The van der Waals surface area contributed by atoms with Crippen LogP contribution < -0.4 is 0 Å². The van der Waals surface area contributed by atoms with Crippen molar-refractivity contribution in [1.29, 1.82) is 5.26 Å². The molecule has 0 bridgehead atoms. The molecule has 6 aromatic rings. The van der Waals surface area contributed by atoms with Crippen molar-refractivity contribution in [2.45, 2.75) is 13.8 Å². The van der Waals surface area contributed by atoms with Crippen LogP contribution >= 0.6 is 0 Å². The maximum absolute atomic E-state index is 9.61. The Morgan fingerprint density at radius 2 is 1.70 bits per heavy atom. The minimum atomic E-state index is 0.625. The molecule has 0 amide bonds. The molecule has 0 saturated carbocycles. The fourth-order valence-corrected chi connectivity index (χ4v) is 4.75. The van der Waals surface area contributed by atoms with Gasteiger partial charge in [-0.3, -0.25) is 4.98 Å². The van der Waals surface area contributed by atoms with E-state index in [1.54, 1.807) is 6.20 Å². The van der Waals surface area contributed by atoms with E-state index >= 15 is 0 Å². The van der Waals surface area contributed by atoms with Crippen molar-refractivity contribution in [2.24, 2.45) is 0 Å². The first-order valence-corrected chi connectivity index (χ1v) is 9.06. The van der Waals surface area contributed by atoms with Crippen LogP contribution in [0.25, 0.3) is 49.0 Å². The van der Waals surface area contributed by atoms with Crippen molar-refractivity contribution in [1.82, 2.24) is 9.38 Å². The molecule has 3 aromatic carbocycles. The highest BCUT2D eigenvalue weighted by Gasteiger charge is 2.20. The van der Waals surface area contributed by atoms with Gasteiger partial charge in [0.15, 0.2) is 0 Å². The first kappa shape index (κ1) is 14.5. The molecule has 0 radical (unpaired) electrons. The monoisotopic (exact) mass is 345 g/mol. The van der Waals surface area contributed by atoms with Gasteiger partial charge in [0.2, 0.25) is 0 Å². The number of fused-ring (bicyclic) bond motifs is 6. The fourth-order valence-electron chi connectivity index (χ4n) is 4.75. The van der Waals surface area contributed by atoms with E-state index in [0.29, 0.717) is 5.56 Å². The van der Waals surface area contributed by atoms with Gasteiger partial charge in [0.25, 0.3) is 0 Å². The molecule has 3 aromatic heterocycles. The Kier molecular flexibility index (Phi) is 2.55. The zero-order valence-electron chi connectivity index (χ0n) is 15.0. The normalized spacial score (nSPS) is 12.0. The van der Waals surface area contributed by atoms with Gasteiger partial charge >= 0.3 is 0 Å². The van der Waals surface area contributed by atoms with Crippen molar-refractivity contribution < 1.29 is 0 Å². The standard InChI is InChI=1S/C24H15N3/c1-13-9-14(2)23-19(10-13)22-21-16(15(11-25)12-26-22)7-8-18-17-5-3-4-6-20(17)27(23)24(18)21/h3-10,12H,1-2H3. The summed E-state index contributed by atoms with van der Waals surface area (Å²) >= 11 is 0. The maximum Gasteiger partial charge on any atom is 0.101 e. The van der Waals surface area contributed by atoms with E-state index in [4.69, 9.17) is 4.98 Å². The fraction of sp³-hybridized carbons (Fsp3) is 0.0833. The number of pyridine rings is 2. The first-order valence-electron chi connectivity index (χ1n) is 9.06. The quantitative estimate of drug-likeness (QED) is 0.255. The lowest BCUT2D eigenvalue weighted by Gasteiger charge is -2.15. The Labute approximate surface area is 155 Å². The van der Waals surface area contributed by atoms with Gasteiger partial charge in [-0.05, 0) is 31.5 Å². The Hall–Kier alpha value is -3.64. The van der Waals surface area contributed by atoms with E-state index in [2.05, 4.69) is 72.8 Å². The Morgan fingerprint density at radius 1 is 0.889 bits per heavy atom. The molecule has 3 heteroatoms. The van der Waals surface area contributed by atoms with Crippen molar-refractivity contribution in [3.8, 4) is 6.07 Å². The lowest BCUT2D eigenvalue weighted by Crippen LogP contribution is -1.97. The molecule has 27 heavy (non-hydrogen) atoms. The number of benzene rings is 3. The van der Waals surface area contributed by atoms with Gasteiger partial charge < -0.3 is 4.40 Å². The zero-order valence-corrected chi connectivity index (χ0v) is 15.0. The largest absolute Gasteiger partial charge is 0.308 e. The van der Waals surface area contributed by atoms with Gasteiger partial charge in [-0.1, -0.05) is 42.0 Å². The minimum Gasteiger partial charge on any atom is -0.308 e. The molecular formula is C24H15N3. The zero-order chi connectivity index (χ0) is 18.3. The predicted molar refractivity (Wildman–Crippen MR) is 111 cm³/mol. The summed E-state index contributed by atoms with van der Waals surface area (Å²) in [6.07, 6.45) is 1.71. The number of rotatable bonds is 0. The summed E-state index contributed by atoms with van der Waals surface area (Å²) in [5.41, 5.74) is 7.61. The molecule has 6 rings (SSSR count). The number of nitrogens with zero attached hydrogens (tertiary/aromatic N) is 3. The summed E-state index contributed by atoms with van der Waals surface area (Å²) in [7, 11) is 0. The summed E-state index contributed by atoms with van der Waals surface area (Å²) in [5, 5.41) is 15.3. The highest BCUT2D eigenvalue weighted by atomic mass is 14.9. The van der Waals surface area contributed by atoms with Gasteiger partial charge in [0, 0.05) is 33.1 Å². The van der Waals surface area contributed by atoms with E-state index in [-0.39, 0.29) is 0 Å². The molecule has 3 heterocycles. The Bertz CT molecular complexity index is 1600. The summed E-state index contributed by atoms with van der Waals surface area (Å²) in [6, 6.07) is 19.5. The second-order valence-corrected chi connectivity index (χ2v) is 7.35. The van der Waals surface area contributed by atoms with E-state index in [0.717, 1.165) is 27.2 Å². The third-order valence-electron chi connectivity index (χ3n) is 5.73. The van der Waals surface area contributed by atoms with Gasteiger partial charge in [-0.2, -0.15) is 5.26 Å². The molecule has 0 N–H and O–H groups in total. The number of aryl methyl sites for hydroxylation is 2. The van der Waals surface area contributed by atoms with Crippen LogP contribution in [0.2, 0.25) is 0 Å². The summed E-state index contributed by atoms with van der Waals surface area (Å²) in [4.78, 5) is 4.75. The van der Waals surface area contributed by atoms with Crippen LogP contribution in [0.15, 0.2) is 54.7 Å². The third kappa shape index (κ3) is 1.63. The van der Waals surface area contributed by atoms with Crippen molar-refractivity contribution in [3.05, 3.63) is 71.4 Å². The minimum absolute atomic E-state index is 0.625. The van der Waals surface area contributed by atoms with Crippen LogP contribution in [0.5, 0.6) is 0 Å². The average molecular weight is 345 g/mol. The third-order valence-corrected chi connectivity index (χ3v) is 5.73. The van der Waals surface area contributed by atoms with Crippen LogP contribution in [0, 0.1) is 25.2 Å². The van der Waals surface area contributed by atoms with Crippen molar-refractivity contribution in [3.63, 3.8) is 0 Å². The first-order chi connectivity index (χ1) is 13.2. The van der Waals surface area contributed by atoms with Gasteiger partial charge in [0.1, 0.15) is 6.07 Å². The second kappa shape index (κ2) is 4.75. The number of para-hydroxylation sites is 1. The molecule has 0 saturated heterocycles. The number of hydrogen-bond acceptors (Lipinski definition) is 2. The predicted octanol–water partition coefficient (Wildman–Crippen LogP) is 5.87. The van der Waals surface area contributed by atoms with E-state index in [9.17, 15) is 5.26 Å². The molecule has 0 fully saturated rings. The lowest BCUT2D eigenvalue weighted by molar-refractivity contribution is 1.29. The summed E-state index contributed by atoms with van der Waals surface area (Å²) in [6.45, 7) is 4.29. The van der Waals surface area contributed by atoms with Crippen molar-refractivity contribution in [2.75, 3.05) is 0 Å². The highest BCUT2D eigenvalue weighted by molar-refractivity contribution is 6.28. The van der Waals surface area contributed by atoms with Gasteiger partial charge in [-0.25, -0.2) is 0 Å². The number of hydrogen-bond donors (Lipinski definition) is 0. The maximum atomic E-state index is 9.61. The van der Waals surface area contributed by atoms with Crippen LogP contribution in [0.4, 0.5) is 0 Å². The van der Waals surface area contributed by atoms with E-state index < -0.39 is 0 Å². The molecule has 3 nitrogen and oxygen atoms in total. The molecule has 0 aliphatic heterocycles. The van der Waals surface area contributed by atoms with Crippen LogP contribution in [0.3, 0.4) is 0 Å². The molecule has 0 spiro atoms. The van der Waals surface area contributed by atoms with Gasteiger partial charge in [0.05, 0.1) is 27.6 Å². The van der Waals surface area contributed by atoms with Crippen LogP contribution in [0.1, 0.15) is 16.7 Å². The topological polar surface area (TPSA) is 41.1 Å². The van der Waals surface area contributed by atoms with Crippen LogP contribution in [-0.4, -0.2) is 9.38 Å². The van der Waals surface area contributed by atoms with Crippen molar-refractivity contribution >= 4 is 49.0 Å².